The number of rotatable bonds is 7. The molecule has 8 heteroatoms. The average molecular weight is 400 g/mol. The monoisotopic (exact) mass is 400 g/mol. The van der Waals surface area contributed by atoms with E-state index < -0.39 is 18.0 Å². The molecule has 3 aromatic rings. The molecule has 0 aliphatic carbocycles. The molecule has 0 atom stereocenters. The Balaban J connectivity index is 2.20. The number of fused-ring (bicyclic) bond motifs is 1. The van der Waals surface area contributed by atoms with Crippen molar-refractivity contribution >= 4 is 16.9 Å². The maximum atomic E-state index is 12.6. The second kappa shape index (κ2) is 8.14. The van der Waals surface area contributed by atoms with Crippen molar-refractivity contribution in [3.63, 3.8) is 0 Å². The number of aromatic hydroxyl groups is 2. The highest BCUT2D eigenvalue weighted by Gasteiger charge is 2.18. The lowest BCUT2D eigenvalue weighted by Crippen LogP contribution is -2.10. The summed E-state index contributed by atoms with van der Waals surface area (Å²) in [6.07, 6.45) is 1.14. The number of phenols is 2. The number of aryl methyl sites for hydroxylation is 1. The largest absolute Gasteiger partial charge is 0.507 e. The second-order valence-electron chi connectivity index (χ2n) is 6.37. The quantitative estimate of drug-likeness (QED) is 0.551. The van der Waals surface area contributed by atoms with Crippen molar-refractivity contribution in [3.05, 3.63) is 46.1 Å². The zero-order valence-electron chi connectivity index (χ0n) is 15.9. The first-order valence-corrected chi connectivity index (χ1v) is 8.90. The third-order valence-corrected chi connectivity index (χ3v) is 4.36. The van der Waals surface area contributed by atoms with Gasteiger partial charge in [-0.2, -0.15) is 0 Å². The molecular weight excluding hydrogens is 380 g/mol. The number of carbonyl (C=O) groups is 1. The topological polar surface area (TPSA) is 126 Å². The van der Waals surface area contributed by atoms with Gasteiger partial charge in [0.25, 0.3) is 0 Å². The van der Waals surface area contributed by atoms with Gasteiger partial charge in [0.1, 0.15) is 28.2 Å². The van der Waals surface area contributed by atoms with E-state index in [0.717, 1.165) is 6.07 Å². The van der Waals surface area contributed by atoms with Crippen molar-refractivity contribution in [1.29, 1.82) is 0 Å². The van der Waals surface area contributed by atoms with Crippen molar-refractivity contribution in [2.24, 2.45) is 0 Å². The van der Waals surface area contributed by atoms with E-state index in [1.54, 1.807) is 12.1 Å². The van der Waals surface area contributed by atoms with Gasteiger partial charge < -0.3 is 29.2 Å². The van der Waals surface area contributed by atoms with Gasteiger partial charge in [-0.15, -0.1) is 0 Å². The molecule has 29 heavy (non-hydrogen) atoms. The van der Waals surface area contributed by atoms with Crippen LogP contribution >= 0.6 is 0 Å². The minimum Gasteiger partial charge on any atom is -0.507 e. The third-order valence-electron chi connectivity index (χ3n) is 4.36. The molecule has 0 aliphatic heterocycles. The summed E-state index contributed by atoms with van der Waals surface area (Å²) in [4.78, 5) is 23.5. The van der Waals surface area contributed by atoms with Gasteiger partial charge in [0.05, 0.1) is 7.11 Å². The van der Waals surface area contributed by atoms with Crippen LogP contribution in [-0.2, 0) is 11.2 Å². The zero-order chi connectivity index (χ0) is 21.1. The Morgan fingerprint density at radius 3 is 2.52 bits per heavy atom. The number of methoxy groups -OCH3 is 1. The van der Waals surface area contributed by atoms with Crippen LogP contribution in [0.1, 0.15) is 18.9 Å². The first-order valence-electron chi connectivity index (χ1n) is 8.90. The summed E-state index contributed by atoms with van der Waals surface area (Å²) in [6.45, 7) is 1.35. The molecule has 1 heterocycles. The molecule has 0 bridgehead atoms. The van der Waals surface area contributed by atoms with Crippen LogP contribution in [-0.4, -0.2) is 35.0 Å². The summed E-state index contributed by atoms with van der Waals surface area (Å²) in [5.74, 6) is -1.00. The summed E-state index contributed by atoms with van der Waals surface area (Å²) < 4.78 is 16.3. The number of ether oxygens (including phenoxy) is 2. The van der Waals surface area contributed by atoms with Crippen LogP contribution in [0.2, 0.25) is 0 Å². The van der Waals surface area contributed by atoms with E-state index in [0.29, 0.717) is 29.7 Å². The van der Waals surface area contributed by atoms with Crippen molar-refractivity contribution < 1.29 is 34.0 Å². The molecule has 0 fully saturated rings. The summed E-state index contributed by atoms with van der Waals surface area (Å²) in [6, 6.07) is 7.03. The first-order chi connectivity index (χ1) is 13.8. The SMILES string of the molecule is CCCc1c(O)cc(O)c2c(=O)cc(-c3ccc(OC)c(OCC(=O)O)c3)oc12. The van der Waals surface area contributed by atoms with Gasteiger partial charge in [0.2, 0.25) is 0 Å². The van der Waals surface area contributed by atoms with Crippen molar-refractivity contribution in [2.75, 3.05) is 13.7 Å². The van der Waals surface area contributed by atoms with Crippen LogP contribution < -0.4 is 14.9 Å². The van der Waals surface area contributed by atoms with Crippen molar-refractivity contribution in [1.82, 2.24) is 0 Å². The van der Waals surface area contributed by atoms with E-state index in [-0.39, 0.29) is 34.0 Å². The molecule has 152 valence electrons. The molecule has 0 saturated carbocycles. The minimum atomic E-state index is -1.15. The number of aliphatic carboxylic acids is 1. The van der Waals surface area contributed by atoms with Gasteiger partial charge >= 0.3 is 5.97 Å². The second-order valence-corrected chi connectivity index (χ2v) is 6.37. The van der Waals surface area contributed by atoms with Gasteiger partial charge in [-0.3, -0.25) is 4.79 Å². The third kappa shape index (κ3) is 3.96. The summed E-state index contributed by atoms with van der Waals surface area (Å²) in [5.41, 5.74) is 0.501. The fourth-order valence-corrected chi connectivity index (χ4v) is 3.07. The minimum absolute atomic E-state index is 0.00846. The summed E-state index contributed by atoms with van der Waals surface area (Å²) >= 11 is 0. The molecule has 3 rings (SSSR count). The smallest absolute Gasteiger partial charge is 0.341 e. The zero-order valence-corrected chi connectivity index (χ0v) is 15.9. The fourth-order valence-electron chi connectivity index (χ4n) is 3.07. The van der Waals surface area contributed by atoms with Crippen LogP contribution in [0.15, 0.2) is 39.5 Å². The fraction of sp³-hybridized carbons (Fsp3) is 0.238. The van der Waals surface area contributed by atoms with E-state index in [2.05, 4.69) is 0 Å². The van der Waals surface area contributed by atoms with Crippen LogP contribution in [0, 0.1) is 0 Å². The molecular formula is C21H20O8. The Hall–Kier alpha value is -3.68. The molecule has 0 radical (unpaired) electrons. The summed E-state index contributed by atoms with van der Waals surface area (Å²) in [5, 5.41) is 29.1. The highest BCUT2D eigenvalue weighted by molar-refractivity contribution is 5.89. The van der Waals surface area contributed by atoms with Crippen LogP contribution in [0.25, 0.3) is 22.3 Å². The molecule has 0 unspecified atom stereocenters. The van der Waals surface area contributed by atoms with E-state index in [1.807, 2.05) is 6.92 Å². The molecule has 0 saturated heterocycles. The first kappa shape index (κ1) is 20.1. The maximum absolute atomic E-state index is 12.6. The molecule has 8 nitrogen and oxygen atoms in total. The molecule has 1 aromatic heterocycles. The van der Waals surface area contributed by atoms with Gasteiger partial charge in [0.15, 0.2) is 23.5 Å². The van der Waals surface area contributed by atoms with Crippen LogP contribution in [0.4, 0.5) is 0 Å². The standard InChI is InChI=1S/C21H20O8/c1-3-4-12-13(22)8-14(23)20-15(24)9-17(29-21(12)20)11-5-6-16(27-2)18(7-11)28-10-19(25)26/h5-9,22-23H,3-4,10H2,1-2H3,(H,25,26). The van der Waals surface area contributed by atoms with Gasteiger partial charge in [-0.1, -0.05) is 13.3 Å². The van der Waals surface area contributed by atoms with Crippen molar-refractivity contribution in [3.8, 4) is 34.3 Å². The molecule has 0 amide bonds. The lowest BCUT2D eigenvalue weighted by Gasteiger charge is -2.13. The predicted octanol–water partition coefficient (Wildman–Crippen LogP) is 3.30. The molecule has 2 aromatic carbocycles. The Labute approximate surface area is 165 Å². The molecule has 3 N–H and O–H groups in total. The Morgan fingerprint density at radius 1 is 1.10 bits per heavy atom. The van der Waals surface area contributed by atoms with Gasteiger partial charge in [-0.25, -0.2) is 4.79 Å². The number of hydrogen-bond donors (Lipinski definition) is 3. The van der Waals surface area contributed by atoms with E-state index >= 15 is 0 Å². The lowest BCUT2D eigenvalue weighted by molar-refractivity contribution is -0.139. The maximum Gasteiger partial charge on any atom is 0.341 e. The van der Waals surface area contributed by atoms with E-state index in [4.69, 9.17) is 19.0 Å². The number of carboxylic acids is 1. The molecule has 0 aliphatic rings. The van der Waals surface area contributed by atoms with Gasteiger partial charge in [-0.05, 0) is 24.6 Å². The van der Waals surface area contributed by atoms with Crippen LogP contribution in [0.5, 0.6) is 23.0 Å². The lowest BCUT2D eigenvalue weighted by atomic mass is 10.0. The van der Waals surface area contributed by atoms with Crippen molar-refractivity contribution in [2.45, 2.75) is 19.8 Å². The number of benzene rings is 2. The molecule has 0 spiro atoms. The highest BCUT2D eigenvalue weighted by atomic mass is 16.5. The highest BCUT2D eigenvalue weighted by Crippen LogP contribution is 2.37. The average Bonchev–Trinajstić information content (AvgIpc) is 2.68. The normalized spacial score (nSPS) is 10.8. The van der Waals surface area contributed by atoms with Crippen LogP contribution in [0.3, 0.4) is 0 Å². The van der Waals surface area contributed by atoms with E-state index in [1.165, 1.54) is 19.2 Å². The number of carboxylic acid groups (broad SMARTS) is 1. The summed E-state index contributed by atoms with van der Waals surface area (Å²) in [7, 11) is 1.42. The number of phenolic OH excluding ortho intramolecular Hbond substituents is 2. The Bertz CT molecular complexity index is 1130. The van der Waals surface area contributed by atoms with E-state index in [9.17, 15) is 19.8 Å². The predicted molar refractivity (Wildman–Crippen MR) is 105 cm³/mol. The van der Waals surface area contributed by atoms with Gasteiger partial charge in [0, 0.05) is 23.3 Å². The Kier molecular flexibility index (Phi) is 5.63. The Morgan fingerprint density at radius 2 is 1.86 bits per heavy atom. The number of hydrogen-bond acceptors (Lipinski definition) is 7.